The van der Waals surface area contributed by atoms with Crippen molar-refractivity contribution in [2.75, 3.05) is 5.32 Å². The minimum absolute atomic E-state index is 0.0812. The van der Waals surface area contributed by atoms with E-state index in [9.17, 15) is 22.7 Å². The van der Waals surface area contributed by atoms with Crippen molar-refractivity contribution in [3.63, 3.8) is 0 Å². The number of aromatic nitrogens is 1. The van der Waals surface area contributed by atoms with Gasteiger partial charge in [0.1, 0.15) is 28.1 Å². The lowest BCUT2D eigenvalue weighted by atomic mass is 9.92. The first-order valence-electron chi connectivity index (χ1n) is 8.92. The Balaban J connectivity index is 1.99. The molecule has 2 unspecified atom stereocenters. The Bertz CT molecular complexity index is 1220. The van der Waals surface area contributed by atoms with Crippen LogP contribution in [-0.2, 0) is 23.5 Å². The summed E-state index contributed by atoms with van der Waals surface area (Å²) in [6.07, 6.45) is 6.97. The maximum Gasteiger partial charge on any atom is 0.272 e. The summed E-state index contributed by atoms with van der Waals surface area (Å²) < 4.78 is 42.9. The van der Waals surface area contributed by atoms with Gasteiger partial charge >= 0.3 is 0 Å². The third kappa shape index (κ3) is 3.81. The molecular weight excluding hydrogens is 411 g/mol. The first-order valence-corrected chi connectivity index (χ1v) is 10.4. The van der Waals surface area contributed by atoms with Gasteiger partial charge in [0.2, 0.25) is 10.0 Å². The number of halogens is 1. The lowest BCUT2D eigenvalue weighted by Gasteiger charge is -2.27. The van der Waals surface area contributed by atoms with Crippen LogP contribution in [0.5, 0.6) is 0 Å². The summed E-state index contributed by atoms with van der Waals surface area (Å²) in [4.78, 5) is 12.8. The van der Waals surface area contributed by atoms with Crippen molar-refractivity contribution in [1.29, 1.82) is 5.26 Å². The topological polar surface area (TPSA) is 124 Å². The zero-order valence-corrected chi connectivity index (χ0v) is 17.0. The highest BCUT2D eigenvalue weighted by Crippen LogP contribution is 2.30. The molecule has 2 atom stereocenters. The van der Waals surface area contributed by atoms with Crippen LogP contribution >= 0.6 is 0 Å². The molecule has 1 aromatic carbocycles. The number of sulfonamides is 1. The number of nitrogens with zero attached hydrogens (tertiary/aromatic N) is 2. The molecule has 3 N–H and O–H groups in total. The summed E-state index contributed by atoms with van der Waals surface area (Å²) in [6.45, 7) is 1.34. The molecule has 0 spiro atoms. The van der Waals surface area contributed by atoms with Gasteiger partial charge in [0.25, 0.3) is 5.91 Å². The van der Waals surface area contributed by atoms with Crippen molar-refractivity contribution in [2.45, 2.75) is 36.3 Å². The summed E-state index contributed by atoms with van der Waals surface area (Å²) in [5.41, 5.74) is -1.37. The Hall–Kier alpha value is -3.18. The standard InChI is InChI=1S/C20H19FN4O4S/c1-4-20(2,27)17-8-6-14-16(30(28,29)24-17)11-25(3)18(14)19(26)23-13-5-7-15(21)12(9-13)10-22/h1,5,7,9,11,17,24,27H,6,8H2,2-3H3,(H,23,26). The van der Waals surface area contributed by atoms with Crippen molar-refractivity contribution in [1.82, 2.24) is 9.29 Å². The summed E-state index contributed by atoms with van der Waals surface area (Å²) in [5, 5.41) is 21.8. The van der Waals surface area contributed by atoms with E-state index in [1.165, 1.54) is 36.9 Å². The molecule has 0 aliphatic carbocycles. The van der Waals surface area contributed by atoms with Crippen LogP contribution in [0.25, 0.3) is 0 Å². The van der Waals surface area contributed by atoms with E-state index >= 15 is 0 Å². The summed E-state index contributed by atoms with van der Waals surface area (Å²) in [7, 11) is -2.52. The normalized spacial score (nSPS) is 19.5. The molecule has 0 saturated heterocycles. The van der Waals surface area contributed by atoms with Gasteiger partial charge in [-0.15, -0.1) is 6.42 Å². The predicted molar refractivity (Wildman–Crippen MR) is 106 cm³/mol. The van der Waals surface area contributed by atoms with Crippen molar-refractivity contribution >= 4 is 21.6 Å². The SMILES string of the molecule is C#CC(C)(O)C1CCc2c(cn(C)c2C(=O)Nc2ccc(F)c(C#N)c2)S(=O)(=O)N1. The molecule has 1 aromatic heterocycles. The summed E-state index contributed by atoms with van der Waals surface area (Å²) in [5.74, 6) is 0.845. The van der Waals surface area contributed by atoms with Crippen LogP contribution in [-0.4, -0.2) is 35.6 Å². The molecule has 2 aromatic rings. The highest BCUT2D eigenvalue weighted by molar-refractivity contribution is 7.89. The molecule has 1 aliphatic heterocycles. The zero-order valence-electron chi connectivity index (χ0n) is 16.2. The fraction of sp³-hybridized carbons (Fsp3) is 0.300. The van der Waals surface area contributed by atoms with E-state index in [4.69, 9.17) is 11.7 Å². The molecule has 8 nitrogen and oxygen atoms in total. The Labute approximate surface area is 173 Å². The number of rotatable bonds is 3. The first kappa shape index (κ1) is 21.5. The fourth-order valence-corrected chi connectivity index (χ4v) is 5.06. The molecule has 3 rings (SSSR count). The Morgan fingerprint density at radius 1 is 1.50 bits per heavy atom. The highest BCUT2D eigenvalue weighted by atomic mass is 32.2. The minimum Gasteiger partial charge on any atom is -0.376 e. The number of aliphatic hydroxyl groups is 1. The molecule has 30 heavy (non-hydrogen) atoms. The fourth-order valence-electron chi connectivity index (χ4n) is 3.39. The number of nitrogens with one attached hydrogen (secondary N) is 2. The number of carbonyl (C=O) groups excluding carboxylic acids is 1. The number of hydrogen-bond acceptors (Lipinski definition) is 5. The molecule has 1 amide bonds. The van der Waals surface area contributed by atoms with Gasteiger partial charge in [0.05, 0.1) is 11.6 Å². The van der Waals surface area contributed by atoms with Crippen molar-refractivity contribution in [3.8, 4) is 18.4 Å². The molecular formula is C20H19FN4O4S. The van der Waals surface area contributed by atoms with Crippen molar-refractivity contribution < 1.29 is 22.7 Å². The Morgan fingerprint density at radius 3 is 2.83 bits per heavy atom. The van der Waals surface area contributed by atoms with Crippen LogP contribution < -0.4 is 10.0 Å². The van der Waals surface area contributed by atoms with Crippen molar-refractivity contribution in [3.05, 3.63) is 47.0 Å². The van der Waals surface area contributed by atoms with Gasteiger partial charge in [-0.05, 0) is 38.0 Å². The number of hydrogen-bond donors (Lipinski definition) is 3. The van der Waals surface area contributed by atoms with E-state index in [0.29, 0.717) is 0 Å². The van der Waals surface area contributed by atoms with Crippen LogP contribution in [0.4, 0.5) is 10.1 Å². The van der Waals surface area contributed by atoms with Gasteiger partial charge in [-0.2, -0.15) is 5.26 Å². The second kappa shape index (κ2) is 7.58. The van der Waals surface area contributed by atoms with Crippen LogP contribution in [0.2, 0.25) is 0 Å². The van der Waals surface area contributed by atoms with E-state index in [-0.39, 0.29) is 40.2 Å². The van der Waals surface area contributed by atoms with Gasteiger partial charge in [0.15, 0.2) is 0 Å². The largest absolute Gasteiger partial charge is 0.376 e. The van der Waals surface area contributed by atoms with Gasteiger partial charge in [0, 0.05) is 24.5 Å². The van der Waals surface area contributed by atoms with E-state index in [0.717, 1.165) is 6.07 Å². The number of nitriles is 1. The molecule has 2 heterocycles. The number of anilines is 1. The van der Waals surface area contributed by atoms with Crippen molar-refractivity contribution in [2.24, 2.45) is 7.05 Å². The van der Waals surface area contributed by atoms with Gasteiger partial charge in [-0.25, -0.2) is 17.5 Å². The lowest BCUT2D eigenvalue weighted by molar-refractivity contribution is 0.0827. The van der Waals surface area contributed by atoms with Crippen LogP contribution in [0.15, 0.2) is 29.3 Å². The maximum atomic E-state index is 13.5. The Kier molecular flexibility index (Phi) is 5.44. The monoisotopic (exact) mass is 430 g/mol. The van der Waals surface area contributed by atoms with E-state index in [2.05, 4.69) is 16.0 Å². The smallest absolute Gasteiger partial charge is 0.272 e. The molecule has 0 bridgehead atoms. The van der Waals surface area contributed by atoms with Crippen LogP contribution in [0.3, 0.4) is 0 Å². The second-order valence-corrected chi connectivity index (χ2v) is 8.88. The number of carbonyl (C=O) groups is 1. The summed E-state index contributed by atoms with van der Waals surface area (Å²) >= 11 is 0. The predicted octanol–water partition coefficient (Wildman–Crippen LogP) is 1.27. The molecule has 0 fully saturated rings. The first-order chi connectivity index (χ1) is 14.0. The number of amides is 1. The highest BCUT2D eigenvalue weighted by Gasteiger charge is 2.39. The average molecular weight is 430 g/mol. The van der Waals surface area contributed by atoms with Gasteiger partial charge < -0.3 is 15.0 Å². The molecule has 10 heteroatoms. The average Bonchev–Trinajstić information content (AvgIpc) is 2.97. The summed E-state index contributed by atoms with van der Waals surface area (Å²) in [6, 6.07) is 4.30. The maximum absolute atomic E-state index is 13.5. The van der Waals surface area contributed by atoms with E-state index < -0.39 is 33.4 Å². The van der Waals surface area contributed by atoms with Crippen LogP contribution in [0, 0.1) is 29.5 Å². The van der Waals surface area contributed by atoms with Gasteiger partial charge in [-0.1, -0.05) is 5.92 Å². The third-order valence-corrected chi connectivity index (χ3v) is 6.57. The second-order valence-electron chi connectivity index (χ2n) is 7.20. The van der Waals surface area contributed by atoms with Crippen LogP contribution in [0.1, 0.15) is 35.0 Å². The molecule has 0 saturated carbocycles. The number of benzene rings is 1. The molecule has 1 aliphatic rings. The zero-order chi connectivity index (χ0) is 22.3. The third-order valence-electron chi connectivity index (χ3n) is 5.05. The molecule has 156 valence electrons. The number of terminal acetylenes is 1. The van der Waals surface area contributed by atoms with E-state index in [1.54, 1.807) is 6.07 Å². The Morgan fingerprint density at radius 2 is 2.20 bits per heavy atom. The quantitative estimate of drug-likeness (QED) is 0.633. The number of fused-ring (bicyclic) bond motifs is 1. The van der Waals surface area contributed by atoms with Gasteiger partial charge in [-0.3, -0.25) is 4.79 Å². The number of aryl methyl sites for hydroxylation is 1. The van der Waals surface area contributed by atoms with E-state index in [1.807, 2.05) is 0 Å². The molecule has 0 radical (unpaired) electrons. The lowest BCUT2D eigenvalue weighted by Crippen LogP contribution is -2.49. The minimum atomic E-state index is -4.04.